The van der Waals surface area contributed by atoms with Crippen LogP contribution in [0.1, 0.15) is 26.7 Å². The Morgan fingerprint density at radius 2 is 1.54 bits per heavy atom. The van der Waals surface area contributed by atoms with Crippen LogP contribution >= 0.6 is 23.4 Å². The van der Waals surface area contributed by atoms with Gasteiger partial charge in [-0.3, -0.25) is 4.79 Å². The van der Waals surface area contributed by atoms with Crippen molar-refractivity contribution in [1.82, 2.24) is 0 Å². The van der Waals surface area contributed by atoms with Crippen molar-refractivity contribution in [2.45, 2.75) is 10.1 Å². The molecule has 0 spiro atoms. The maximum absolute atomic E-state index is 13.2. The molecule has 5 rings (SSSR count). The number of hydrogen-bond acceptors (Lipinski definition) is 3. The molecular formula is C22H14ClNOS. The molecule has 0 aromatic heterocycles. The molecular weight excluding hydrogens is 362 g/mol. The first-order valence-electron chi connectivity index (χ1n) is 8.39. The van der Waals surface area contributed by atoms with E-state index >= 15 is 0 Å². The van der Waals surface area contributed by atoms with Crippen LogP contribution in [0.25, 0.3) is 5.70 Å². The number of rotatable bonds is 1. The highest BCUT2D eigenvalue weighted by atomic mass is 35.5. The standard InChI is InChI=1S/C22H14ClNOS/c23-14-11-9-13(10-12-14)22-19-20(15-5-1-2-6-16(15)21(19)25)24-17-7-3-4-8-18(17)26-22/h1-12,22,24H/t22-/m0/s1. The Balaban J connectivity index is 1.74. The van der Waals surface area contributed by atoms with Gasteiger partial charge in [0.05, 0.1) is 16.6 Å². The second kappa shape index (κ2) is 6.04. The summed E-state index contributed by atoms with van der Waals surface area (Å²) < 4.78 is 0. The van der Waals surface area contributed by atoms with Gasteiger partial charge in [0.1, 0.15) is 0 Å². The SMILES string of the molecule is O=C1C2=C(Nc3ccccc3S[C@H]2c2ccc(Cl)cc2)c2ccccc21. The molecule has 0 radical (unpaired) electrons. The van der Waals surface area contributed by atoms with Crippen LogP contribution in [0.5, 0.6) is 0 Å². The van der Waals surface area contributed by atoms with E-state index in [0.717, 1.165) is 38.5 Å². The zero-order valence-electron chi connectivity index (χ0n) is 13.7. The largest absolute Gasteiger partial charge is 0.354 e. The van der Waals surface area contributed by atoms with E-state index in [1.54, 1.807) is 11.8 Å². The van der Waals surface area contributed by atoms with E-state index in [4.69, 9.17) is 11.6 Å². The molecule has 0 bridgehead atoms. The summed E-state index contributed by atoms with van der Waals surface area (Å²) >= 11 is 7.78. The summed E-state index contributed by atoms with van der Waals surface area (Å²) in [6.07, 6.45) is 0. The summed E-state index contributed by atoms with van der Waals surface area (Å²) in [6, 6.07) is 23.8. The first kappa shape index (κ1) is 15.7. The molecule has 2 aliphatic rings. The smallest absolute Gasteiger partial charge is 0.193 e. The maximum atomic E-state index is 13.2. The number of carbonyl (C=O) groups is 1. The van der Waals surface area contributed by atoms with Gasteiger partial charge in [-0.1, -0.05) is 60.1 Å². The number of halogens is 1. The molecule has 126 valence electrons. The van der Waals surface area contributed by atoms with Gasteiger partial charge in [0.2, 0.25) is 0 Å². The number of Topliss-reactive ketones (excluding diaryl/α,β-unsaturated/α-hetero) is 1. The first-order chi connectivity index (χ1) is 12.7. The van der Waals surface area contributed by atoms with Gasteiger partial charge < -0.3 is 5.32 Å². The highest BCUT2D eigenvalue weighted by Crippen LogP contribution is 2.52. The number of anilines is 1. The molecule has 1 aliphatic carbocycles. The normalized spacial score (nSPS) is 17.9. The van der Waals surface area contributed by atoms with Crippen LogP contribution in [-0.4, -0.2) is 5.78 Å². The highest BCUT2D eigenvalue weighted by molar-refractivity contribution is 8.00. The molecule has 0 amide bonds. The lowest BCUT2D eigenvalue weighted by atomic mass is 10.0. The van der Waals surface area contributed by atoms with Crippen molar-refractivity contribution in [1.29, 1.82) is 0 Å². The van der Waals surface area contributed by atoms with Gasteiger partial charge in [0.15, 0.2) is 5.78 Å². The lowest BCUT2D eigenvalue weighted by molar-refractivity contribution is 0.103. The quantitative estimate of drug-likeness (QED) is 0.548. The number of thioether (sulfide) groups is 1. The van der Waals surface area contributed by atoms with Gasteiger partial charge in [-0.15, -0.1) is 11.8 Å². The number of ketones is 1. The van der Waals surface area contributed by atoms with Crippen molar-refractivity contribution in [3.05, 3.63) is 100 Å². The van der Waals surface area contributed by atoms with Crippen molar-refractivity contribution in [2.75, 3.05) is 5.32 Å². The lowest BCUT2D eigenvalue weighted by Crippen LogP contribution is -2.07. The Kier molecular flexibility index (Phi) is 3.66. The average Bonchev–Trinajstić information content (AvgIpc) is 2.84. The monoisotopic (exact) mass is 375 g/mol. The highest BCUT2D eigenvalue weighted by Gasteiger charge is 2.37. The van der Waals surface area contributed by atoms with Crippen molar-refractivity contribution in [3.63, 3.8) is 0 Å². The predicted molar refractivity (Wildman–Crippen MR) is 108 cm³/mol. The number of benzene rings is 3. The number of fused-ring (bicyclic) bond motifs is 3. The average molecular weight is 376 g/mol. The summed E-state index contributed by atoms with van der Waals surface area (Å²) in [5.74, 6) is 0.100. The summed E-state index contributed by atoms with van der Waals surface area (Å²) in [4.78, 5) is 14.4. The van der Waals surface area contributed by atoms with E-state index in [-0.39, 0.29) is 11.0 Å². The maximum Gasteiger partial charge on any atom is 0.193 e. The van der Waals surface area contributed by atoms with Crippen molar-refractivity contribution in [3.8, 4) is 0 Å². The molecule has 1 heterocycles. The molecule has 0 fully saturated rings. The zero-order chi connectivity index (χ0) is 17.7. The Morgan fingerprint density at radius 3 is 2.35 bits per heavy atom. The molecule has 4 heteroatoms. The van der Waals surface area contributed by atoms with Crippen LogP contribution in [0, 0.1) is 0 Å². The van der Waals surface area contributed by atoms with E-state index in [0.29, 0.717) is 5.02 Å². The summed E-state index contributed by atoms with van der Waals surface area (Å²) in [6.45, 7) is 0. The van der Waals surface area contributed by atoms with E-state index in [2.05, 4.69) is 17.4 Å². The third-order valence-electron chi connectivity index (χ3n) is 4.78. The molecule has 0 saturated heterocycles. The molecule has 1 atom stereocenters. The van der Waals surface area contributed by atoms with Crippen LogP contribution in [-0.2, 0) is 0 Å². The van der Waals surface area contributed by atoms with Gasteiger partial charge in [0, 0.05) is 26.6 Å². The molecule has 1 aliphatic heterocycles. The van der Waals surface area contributed by atoms with E-state index < -0.39 is 0 Å². The fraction of sp³-hybridized carbons (Fsp3) is 0.0455. The Morgan fingerprint density at radius 1 is 0.846 bits per heavy atom. The Labute approximate surface area is 160 Å². The molecule has 2 nitrogen and oxygen atoms in total. The number of carbonyl (C=O) groups excluding carboxylic acids is 1. The fourth-order valence-corrected chi connectivity index (χ4v) is 4.97. The van der Waals surface area contributed by atoms with Crippen molar-refractivity contribution >= 4 is 40.5 Å². The van der Waals surface area contributed by atoms with Gasteiger partial charge in [-0.05, 0) is 29.8 Å². The van der Waals surface area contributed by atoms with Crippen LogP contribution in [0.3, 0.4) is 0 Å². The number of para-hydroxylation sites is 1. The minimum absolute atomic E-state index is 0.0849. The van der Waals surface area contributed by atoms with Crippen LogP contribution in [0.2, 0.25) is 5.02 Å². The lowest BCUT2D eigenvalue weighted by Gasteiger charge is -2.17. The second-order valence-corrected chi connectivity index (χ2v) is 7.92. The van der Waals surface area contributed by atoms with Gasteiger partial charge in [0.25, 0.3) is 0 Å². The molecule has 3 aromatic carbocycles. The van der Waals surface area contributed by atoms with Gasteiger partial charge >= 0.3 is 0 Å². The zero-order valence-corrected chi connectivity index (χ0v) is 15.3. The van der Waals surface area contributed by atoms with Crippen molar-refractivity contribution < 1.29 is 4.79 Å². The predicted octanol–water partition coefficient (Wildman–Crippen LogP) is 6.21. The van der Waals surface area contributed by atoms with Crippen LogP contribution in [0.15, 0.2) is 83.3 Å². The number of nitrogens with one attached hydrogen (secondary N) is 1. The Bertz CT molecular complexity index is 1070. The van der Waals surface area contributed by atoms with Gasteiger partial charge in [-0.2, -0.15) is 0 Å². The summed E-state index contributed by atoms with van der Waals surface area (Å²) in [5, 5.41) is 4.14. The molecule has 0 unspecified atom stereocenters. The minimum atomic E-state index is -0.0849. The minimum Gasteiger partial charge on any atom is -0.354 e. The molecule has 1 N–H and O–H groups in total. The fourth-order valence-electron chi connectivity index (χ4n) is 3.55. The molecule has 0 saturated carbocycles. The first-order valence-corrected chi connectivity index (χ1v) is 9.64. The van der Waals surface area contributed by atoms with E-state index in [9.17, 15) is 4.79 Å². The second-order valence-electron chi connectivity index (χ2n) is 6.33. The van der Waals surface area contributed by atoms with Crippen molar-refractivity contribution in [2.24, 2.45) is 0 Å². The third-order valence-corrected chi connectivity index (χ3v) is 6.39. The summed E-state index contributed by atoms with van der Waals surface area (Å²) in [7, 11) is 0. The van der Waals surface area contributed by atoms with E-state index in [1.807, 2.05) is 60.7 Å². The van der Waals surface area contributed by atoms with E-state index in [1.165, 1.54) is 0 Å². The number of hydrogen-bond donors (Lipinski definition) is 1. The summed E-state index contributed by atoms with van der Waals surface area (Å²) in [5.41, 5.74) is 5.59. The Hall–Kier alpha value is -2.49. The van der Waals surface area contributed by atoms with Crippen LogP contribution in [0.4, 0.5) is 5.69 Å². The van der Waals surface area contributed by atoms with Gasteiger partial charge in [-0.25, -0.2) is 0 Å². The van der Waals surface area contributed by atoms with Crippen LogP contribution < -0.4 is 5.32 Å². The third kappa shape index (κ3) is 2.39. The molecule has 26 heavy (non-hydrogen) atoms. The topological polar surface area (TPSA) is 29.1 Å². The molecule has 3 aromatic rings.